The molecular formula is C88H168N4O12. The van der Waals surface area contributed by atoms with Gasteiger partial charge in [0.15, 0.2) is 0 Å². The van der Waals surface area contributed by atoms with Crippen LogP contribution in [0.5, 0.6) is 0 Å². The van der Waals surface area contributed by atoms with Crippen LogP contribution in [0.2, 0.25) is 0 Å². The predicted octanol–water partition coefficient (Wildman–Crippen LogP) is 21.9. The summed E-state index contributed by atoms with van der Waals surface area (Å²) in [5.41, 5.74) is 0. The van der Waals surface area contributed by atoms with Gasteiger partial charge in [0.25, 0.3) is 0 Å². The van der Waals surface area contributed by atoms with Gasteiger partial charge in [-0.25, -0.2) is 0 Å². The molecule has 2 atom stereocenters. The highest BCUT2D eigenvalue weighted by molar-refractivity contribution is 5.71. The second-order valence-corrected chi connectivity index (χ2v) is 31.2. The van der Waals surface area contributed by atoms with E-state index in [0.717, 1.165) is 77.3 Å². The maximum atomic E-state index is 13.0. The van der Waals surface area contributed by atoms with Gasteiger partial charge in [-0.05, 0) is 78.3 Å². The summed E-state index contributed by atoms with van der Waals surface area (Å²) in [6.07, 6.45) is 64.8. The molecule has 1 aliphatic rings. The highest BCUT2D eigenvalue weighted by atomic mass is 16.6. The Morgan fingerprint density at radius 1 is 0.231 bits per heavy atom. The molecule has 0 radical (unpaired) electrons. The maximum Gasteiger partial charge on any atom is 0.307 e. The Labute approximate surface area is 640 Å². The molecule has 0 saturated carbocycles. The van der Waals surface area contributed by atoms with Crippen molar-refractivity contribution in [2.24, 2.45) is 0 Å². The Kier molecular flexibility index (Phi) is 72.5. The molecule has 612 valence electrons. The van der Waals surface area contributed by atoms with Crippen molar-refractivity contribution in [2.45, 2.75) is 426 Å². The smallest absolute Gasteiger partial charge is 0.307 e. The fraction of sp³-hybridized carbons (Fsp3) is 0.932. The molecule has 0 aromatic rings. The van der Waals surface area contributed by atoms with Gasteiger partial charge in [0.05, 0.1) is 52.1 Å². The lowest BCUT2D eigenvalue weighted by Crippen LogP contribution is -2.57. The van der Waals surface area contributed by atoms with Crippen LogP contribution in [0.4, 0.5) is 0 Å². The summed E-state index contributed by atoms with van der Waals surface area (Å²) in [5, 5.41) is 0. The summed E-state index contributed by atoms with van der Waals surface area (Å²) >= 11 is 0. The highest BCUT2D eigenvalue weighted by Crippen LogP contribution is 2.20. The second-order valence-electron chi connectivity index (χ2n) is 31.2. The number of hydrogen-bond donors (Lipinski definition) is 0. The Hall–Kier alpha value is -3.34. The van der Waals surface area contributed by atoms with Crippen molar-refractivity contribution in [3.8, 4) is 0 Å². The largest absolute Gasteiger partial charge is 0.466 e. The molecule has 1 rings (SSSR count). The van der Waals surface area contributed by atoms with Gasteiger partial charge >= 0.3 is 35.8 Å². The third kappa shape index (κ3) is 66.8. The summed E-state index contributed by atoms with van der Waals surface area (Å²) < 4.78 is 34.1. The van der Waals surface area contributed by atoms with E-state index in [-0.39, 0.29) is 73.6 Å². The minimum atomic E-state index is -0.216. The molecule has 1 saturated heterocycles. The van der Waals surface area contributed by atoms with Crippen LogP contribution in [0.15, 0.2) is 0 Å². The maximum absolute atomic E-state index is 13.0. The molecule has 0 aliphatic carbocycles. The van der Waals surface area contributed by atoms with Crippen molar-refractivity contribution in [3.05, 3.63) is 0 Å². The minimum Gasteiger partial charge on any atom is -0.466 e. The van der Waals surface area contributed by atoms with Crippen LogP contribution in [0, 0.1) is 0 Å². The molecule has 16 heteroatoms. The van der Waals surface area contributed by atoms with Crippen LogP contribution in [0.1, 0.15) is 414 Å². The lowest BCUT2D eigenvalue weighted by Gasteiger charge is -2.44. The van der Waals surface area contributed by atoms with Gasteiger partial charge in [0.1, 0.15) is 13.2 Å². The molecule has 104 heavy (non-hydrogen) atoms. The first-order chi connectivity index (χ1) is 50.9. The van der Waals surface area contributed by atoms with E-state index in [1.54, 1.807) is 0 Å². The fourth-order valence-electron chi connectivity index (χ4n) is 14.3. The molecular weight excluding hydrogens is 1300 g/mol. The number of carbonyl (C=O) groups excluding carboxylic acids is 6. The Bertz CT molecular complexity index is 1720. The van der Waals surface area contributed by atoms with E-state index in [1.807, 2.05) is 0 Å². The van der Waals surface area contributed by atoms with E-state index >= 15 is 0 Å². The molecule has 2 unspecified atom stereocenters. The topological polar surface area (TPSA) is 171 Å². The SMILES string of the molecule is CCCCCCCCCCCCCCOC(=O)CCN(CCCCC(=O)OCCN1CC(C)N(CCOC(=O)CCCCN(CCC(=O)OCCCCCCCCCCCCCC)CCC(=O)OCCCCCCCCCCCCCC)CC1C)CCC(=O)OCCCCCCCCCCCCCC. The molecule has 1 aliphatic heterocycles. The first kappa shape index (κ1) is 98.7. The van der Waals surface area contributed by atoms with Gasteiger partial charge in [-0.2, -0.15) is 0 Å². The van der Waals surface area contributed by atoms with E-state index in [1.165, 1.54) is 257 Å². The summed E-state index contributed by atoms with van der Waals surface area (Å²) in [6.45, 7) is 22.1. The van der Waals surface area contributed by atoms with E-state index in [2.05, 4.69) is 61.1 Å². The van der Waals surface area contributed by atoms with Crippen molar-refractivity contribution in [1.29, 1.82) is 0 Å². The lowest BCUT2D eigenvalue weighted by molar-refractivity contribution is -0.146. The number of unbranched alkanes of at least 4 members (excludes halogenated alkanes) is 46. The summed E-state index contributed by atoms with van der Waals surface area (Å²) in [5.74, 6) is -1.24. The van der Waals surface area contributed by atoms with E-state index in [0.29, 0.717) is 118 Å². The zero-order valence-electron chi connectivity index (χ0n) is 69.2. The molecule has 0 spiro atoms. The van der Waals surface area contributed by atoms with Crippen LogP contribution >= 0.6 is 0 Å². The summed E-state index contributed by atoms with van der Waals surface area (Å²) in [6, 6.07) is 0.463. The molecule has 0 aromatic heterocycles. The number of esters is 6. The zero-order chi connectivity index (χ0) is 75.5. The first-order valence-corrected chi connectivity index (χ1v) is 44.8. The standard InChI is InChI=1S/C88H168N4O12/c1-7-11-15-19-23-27-31-35-39-43-47-55-73-99-85(95)61-67-89(68-62-86(96)100-74-56-48-44-40-36-32-28-24-20-16-12-8-2)65-53-51-59-83(93)103-77-71-91-79-82(6)92(80-81(91)5)72-78-104-84(94)60-52-54-66-90(69-63-87(97)101-75-57-49-45-41-37-33-29-25-21-17-13-9-3)70-64-88(98)102-76-58-50-46-42-38-34-30-26-22-18-14-10-4/h81-82H,7-80H2,1-6H3. The number of carbonyl (C=O) groups is 6. The van der Waals surface area contributed by atoms with E-state index in [9.17, 15) is 28.8 Å². The molecule has 0 bridgehead atoms. The van der Waals surface area contributed by atoms with Crippen LogP contribution in [0.3, 0.4) is 0 Å². The van der Waals surface area contributed by atoms with E-state index < -0.39 is 0 Å². The van der Waals surface area contributed by atoms with Crippen LogP contribution in [-0.2, 0) is 57.2 Å². The van der Waals surface area contributed by atoms with Gasteiger partial charge in [0.2, 0.25) is 0 Å². The first-order valence-electron chi connectivity index (χ1n) is 44.8. The third-order valence-corrected chi connectivity index (χ3v) is 21.3. The van der Waals surface area contributed by atoms with Crippen molar-refractivity contribution in [2.75, 3.05) is 105 Å². The van der Waals surface area contributed by atoms with Crippen molar-refractivity contribution < 1.29 is 57.2 Å². The summed E-state index contributed by atoms with van der Waals surface area (Å²) in [4.78, 5) is 86.5. The van der Waals surface area contributed by atoms with E-state index in [4.69, 9.17) is 28.4 Å². The molecule has 1 heterocycles. The monoisotopic (exact) mass is 1470 g/mol. The van der Waals surface area contributed by atoms with Crippen LogP contribution < -0.4 is 0 Å². The molecule has 0 amide bonds. The molecule has 16 nitrogen and oxygen atoms in total. The lowest BCUT2D eigenvalue weighted by atomic mass is 10.1. The molecule has 0 N–H and O–H groups in total. The van der Waals surface area contributed by atoms with Gasteiger partial charge in [-0.3, -0.25) is 38.6 Å². The minimum absolute atomic E-state index is 0.203. The second kappa shape index (κ2) is 76.4. The third-order valence-electron chi connectivity index (χ3n) is 21.3. The van der Waals surface area contributed by atoms with Crippen molar-refractivity contribution in [3.63, 3.8) is 0 Å². The van der Waals surface area contributed by atoms with Gasteiger partial charge in [-0.1, -0.05) is 310 Å². The number of ether oxygens (including phenoxy) is 6. The fourth-order valence-corrected chi connectivity index (χ4v) is 14.3. The number of rotatable bonds is 80. The van der Waals surface area contributed by atoms with Crippen molar-refractivity contribution >= 4 is 35.8 Å². The van der Waals surface area contributed by atoms with Crippen molar-refractivity contribution in [1.82, 2.24) is 19.6 Å². The van der Waals surface area contributed by atoms with Gasteiger partial charge in [-0.15, -0.1) is 0 Å². The zero-order valence-corrected chi connectivity index (χ0v) is 69.2. The molecule has 1 fully saturated rings. The number of nitrogens with zero attached hydrogens (tertiary/aromatic N) is 4. The Morgan fingerprint density at radius 2 is 0.413 bits per heavy atom. The van der Waals surface area contributed by atoms with Gasteiger partial charge < -0.3 is 38.2 Å². The Morgan fingerprint density at radius 3 is 0.625 bits per heavy atom. The molecule has 0 aromatic carbocycles. The average molecular weight is 1470 g/mol. The predicted molar refractivity (Wildman–Crippen MR) is 431 cm³/mol. The Balaban J connectivity index is 2.51. The van der Waals surface area contributed by atoms with Gasteiger partial charge in [0, 0.05) is 77.3 Å². The average Bonchev–Trinajstić information content (AvgIpc) is 0.849. The van der Waals surface area contributed by atoms with Crippen LogP contribution in [-0.4, -0.2) is 173 Å². The summed E-state index contributed by atoms with van der Waals surface area (Å²) in [7, 11) is 0. The quantitative estimate of drug-likeness (QED) is 0.0320. The number of piperazine rings is 1. The van der Waals surface area contributed by atoms with Crippen LogP contribution in [0.25, 0.3) is 0 Å². The highest BCUT2D eigenvalue weighted by Gasteiger charge is 2.29. The normalized spacial score (nSPS) is 14.2. The number of hydrogen-bond acceptors (Lipinski definition) is 16.